The Balaban J connectivity index is 1.92. The van der Waals surface area contributed by atoms with Gasteiger partial charge in [-0.1, -0.05) is 25.6 Å². The monoisotopic (exact) mass is 398 g/mol. The van der Waals surface area contributed by atoms with E-state index in [9.17, 15) is 8.42 Å². The van der Waals surface area contributed by atoms with E-state index in [4.69, 9.17) is 4.74 Å². The lowest BCUT2D eigenvalue weighted by molar-refractivity contribution is 0.414. The first kappa shape index (κ1) is 20.7. The van der Waals surface area contributed by atoms with Crippen LogP contribution in [-0.2, 0) is 23.0 Å². The first-order valence-corrected chi connectivity index (χ1v) is 11.2. The van der Waals surface area contributed by atoms with E-state index in [0.29, 0.717) is 31.1 Å². The topological polar surface area (TPSA) is 86.1 Å². The van der Waals surface area contributed by atoms with E-state index in [1.807, 2.05) is 6.26 Å². The predicted octanol–water partition coefficient (Wildman–Crippen LogP) is 2.58. The van der Waals surface area contributed by atoms with Crippen molar-refractivity contribution in [2.24, 2.45) is 5.92 Å². The van der Waals surface area contributed by atoms with Crippen molar-refractivity contribution in [1.82, 2.24) is 19.5 Å². The molecule has 9 heteroatoms. The highest BCUT2D eigenvalue weighted by molar-refractivity contribution is 7.98. The van der Waals surface area contributed by atoms with Gasteiger partial charge in [-0.25, -0.2) is 13.1 Å². The third kappa shape index (κ3) is 5.46. The van der Waals surface area contributed by atoms with Gasteiger partial charge in [0.1, 0.15) is 11.6 Å². The number of benzene rings is 1. The Morgan fingerprint density at radius 3 is 2.50 bits per heavy atom. The molecule has 0 radical (unpaired) electrons. The Hall–Kier alpha value is -1.58. The first-order valence-electron chi connectivity index (χ1n) is 8.47. The summed E-state index contributed by atoms with van der Waals surface area (Å²) in [5, 5.41) is 9.35. The van der Waals surface area contributed by atoms with Crippen molar-refractivity contribution in [3.05, 3.63) is 30.1 Å². The van der Waals surface area contributed by atoms with Gasteiger partial charge in [0.2, 0.25) is 10.0 Å². The number of aromatic nitrogens is 3. The Labute approximate surface area is 159 Å². The molecule has 0 fully saturated rings. The van der Waals surface area contributed by atoms with Crippen molar-refractivity contribution in [3.8, 4) is 5.75 Å². The van der Waals surface area contributed by atoms with Crippen LogP contribution in [0.15, 0.2) is 34.3 Å². The zero-order chi connectivity index (χ0) is 19.2. The molecule has 0 aliphatic carbocycles. The first-order chi connectivity index (χ1) is 12.4. The fourth-order valence-corrected chi connectivity index (χ4v) is 4.09. The number of hydrogen-bond donors (Lipinski definition) is 1. The molecule has 1 aromatic carbocycles. The van der Waals surface area contributed by atoms with Gasteiger partial charge >= 0.3 is 0 Å². The van der Waals surface area contributed by atoms with E-state index in [2.05, 4.69) is 33.3 Å². The summed E-state index contributed by atoms with van der Waals surface area (Å²) in [4.78, 5) is 0.228. The summed E-state index contributed by atoms with van der Waals surface area (Å²) in [7, 11) is -1.98. The van der Waals surface area contributed by atoms with Crippen LogP contribution in [0.5, 0.6) is 5.75 Å². The molecule has 0 amide bonds. The number of ether oxygens (including phenoxy) is 1. The number of nitrogens with one attached hydrogen (secondary N) is 1. The smallest absolute Gasteiger partial charge is 0.240 e. The summed E-state index contributed by atoms with van der Waals surface area (Å²) in [5.41, 5.74) is 0. The van der Waals surface area contributed by atoms with E-state index >= 15 is 0 Å². The van der Waals surface area contributed by atoms with Crippen LogP contribution in [0.3, 0.4) is 0 Å². The molecule has 2 aromatic rings. The van der Waals surface area contributed by atoms with Gasteiger partial charge in [0.25, 0.3) is 0 Å². The molecule has 0 saturated heterocycles. The third-order valence-electron chi connectivity index (χ3n) is 3.76. The molecular weight excluding hydrogens is 372 g/mol. The van der Waals surface area contributed by atoms with E-state index in [1.165, 1.54) is 12.1 Å². The fraction of sp³-hybridized carbons (Fsp3) is 0.529. The second-order valence-corrected chi connectivity index (χ2v) is 8.82. The maximum Gasteiger partial charge on any atom is 0.240 e. The maximum atomic E-state index is 12.3. The molecular formula is C17H26N4O3S2. The number of nitrogens with zero attached hydrogens (tertiary/aromatic N) is 3. The van der Waals surface area contributed by atoms with Crippen molar-refractivity contribution in [2.45, 2.75) is 43.3 Å². The molecule has 26 heavy (non-hydrogen) atoms. The highest BCUT2D eigenvalue weighted by atomic mass is 32.2. The highest BCUT2D eigenvalue weighted by Crippen LogP contribution is 2.17. The van der Waals surface area contributed by atoms with Gasteiger partial charge in [0.15, 0.2) is 5.16 Å². The predicted molar refractivity (Wildman–Crippen MR) is 103 cm³/mol. The maximum absolute atomic E-state index is 12.3. The van der Waals surface area contributed by atoms with Crippen molar-refractivity contribution in [2.75, 3.05) is 19.9 Å². The normalized spacial score (nSPS) is 11.9. The summed E-state index contributed by atoms with van der Waals surface area (Å²) in [6.07, 6.45) is 3.30. The quantitative estimate of drug-likeness (QED) is 0.489. The second kappa shape index (κ2) is 9.38. The molecule has 1 heterocycles. The molecule has 0 aliphatic rings. The second-order valence-electron chi connectivity index (χ2n) is 6.28. The van der Waals surface area contributed by atoms with E-state index in [0.717, 1.165) is 17.5 Å². The molecule has 0 aliphatic heterocycles. The minimum Gasteiger partial charge on any atom is -0.497 e. The van der Waals surface area contributed by atoms with E-state index in [1.54, 1.807) is 31.0 Å². The van der Waals surface area contributed by atoms with Crippen molar-refractivity contribution < 1.29 is 13.2 Å². The lowest BCUT2D eigenvalue weighted by Gasteiger charge is -2.12. The van der Waals surface area contributed by atoms with Crippen molar-refractivity contribution >= 4 is 21.8 Å². The molecule has 2 rings (SSSR count). The Bertz CT molecular complexity index is 802. The van der Waals surface area contributed by atoms with E-state index < -0.39 is 10.0 Å². The number of aryl methyl sites for hydroxylation is 1. The molecule has 1 N–H and O–H groups in total. The molecule has 0 atom stereocenters. The minimum atomic E-state index is -3.52. The molecule has 144 valence electrons. The van der Waals surface area contributed by atoms with Crippen LogP contribution in [0.2, 0.25) is 0 Å². The van der Waals surface area contributed by atoms with Gasteiger partial charge in [-0.3, -0.25) is 0 Å². The van der Waals surface area contributed by atoms with Gasteiger partial charge in [-0.15, -0.1) is 10.2 Å². The molecule has 0 bridgehead atoms. The van der Waals surface area contributed by atoms with Gasteiger partial charge in [0.05, 0.1) is 12.0 Å². The summed E-state index contributed by atoms with van der Waals surface area (Å²) in [6, 6.07) is 6.33. The lowest BCUT2D eigenvalue weighted by Crippen LogP contribution is -2.25. The Morgan fingerprint density at radius 1 is 1.23 bits per heavy atom. The van der Waals surface area contributed by atoms with Crippen LogP contribution >= 0.6 is 11.8 Å². The van der Waals surface area contributed by atoms with Gasteiger partial charge < -0.3 is 9.30 Å². The standard InChI is InChI=1S/C17H26N4O3S2/c1-13(2)12-21-16(19-20-17(21)25-4)6-5-11-18-26(22,23)15-9-7-14(24-3)8-10-15/h7-10,13,18H,5-6,11-12H2,1-4H3. The third-order valence-corrected chi connectivity index (χ3v) is 5.91. The Kier molecular flexibility index (Phi) is 7.48. The van der Waals surface area contributed by atoms with Gasteiger partial charge in [0, 0.05) is 19.5 Å². The fourth-order valence-electron chi connectivity index (χ4n) is 2.49. The van der Waals surface area contributed by atoms with Crippen LogP contribution in [0.25, 0.3) is 0 Å². The van der Waals surface area contributed by atoms with Gasteiger partial charge in [-0.2, -0.15) is 0 Å². The minimum absolute atomic E-state index is 0.228. The molecule has 1 aromatic heterocycles. The molecule has 0 saturated carbocycles. The number of sulfonamides is 1. The highest BCUT2D eigenvalue weighted by Gasteiger charge is 2.15. The average molecular weight is 399 g/mol. The van der Waals surface area contributed by atoms with Gasteiger partial charge in [-0.05, 0) is 42.9 Å². The number of rotatable bonds is 10. The molecule has 0 spiro atoms. The average Bonchev–Trinajstić information content (AvgIpc) is 3.00. The van der Waals surface area contributed by atoms with Crippen LogP contribution in [0.1, 0.15) is 26.1 Å². The summed E-state index contributed by atoms with van der Waals surface area (Å²) >= 11 is 1.57. The number of thioether (sulfide) groups is 1. The molecule has 0 unspecified atom stereocenters. The van der Waals surface area contributed by atoms with Crippen molar-refractivity contribution in [1.29, 1.82) is 0 Å². The van der Waals surface area contributed by atoms with E-state index in [-0.39, 0.29) is 4.90 Å². The van der Waals surface area contributed by atoms with Crippen molar-refractivity contribution in [3.63, 3.8) is 0 Å². The zero-order valence-corrected chi connectivity index (χ0v) is 17.2. The SMILES string of the molecule is COc1ccc(S(=O)(=O)NCCCc2nnc(SC)n2CC(C)C)cc1. The number of methoxy groups -OCH3 is 1. The zero-order valence-electron chi connectivity index (χ0n) is 15.6. The number of hydrogen-bond acceptors (Lipinski definition) is 6. The van der Waals surface area contributed by atoms with Crippen LogP contribution in [0.4, 0.5) is 0 Å². The largest absolute Gasteiger partial charge is 0.497 e. The molecule has 7 nitrogen and oxygen atoms in total. The van der Waals surface area contributed by atoms with Crippen LogP contribution in [0, 0.1) is 5.92 Å². The lowest BCUT2D eigenvalue weighted by atomic mass is 10.2. The summed E-state index contributed by atoms with van der Waals surface area (Å²) in [5.74, 6) is 2.01. The van der Waals surface area contributed by atoms with Crippen LogP contribution in [-0.4, -0.2) is 43.1 Å². The van der Waals surface area contributed by atoms with Crippen LogP contribution < -0.4 is 9.46 Å². The summed E-state index contributed by atoms with van der Waals surface area (Å²) < 4.78 is 34.4. The Morgan fingerprint density at radius 2 is 1.92 bits per heavy atom. The summed E-state index contributed by atoms with van der Waals surface area (Å²) in [6.45, 7) is 5.50.